The Kier molecular flexibility index (Phi) is 5.26. The average molecular weight is 459 g/mol. The second kappa shape index (κ2) is 8.37. The molecule has 0 spiro atoms. The number of oxazole rings is 1. The van der Waals surface area contributed by atoms with Gasteiger partial charge in [0.05, 0.1) is 10.6 Å². The van der Waals surface area contributed by atoms with Crippen molar-refractivity contribution in [3.05, 3.63) is 89.6 Å². The molecular formula is C24H15ClN4O2S. The summed E-state index contributed by atoms with van der Waals surface area (Å²) < 4.78 is 5.76. The van der Waals surface area contributed by atoms with E-state index in [9.17, 15) is 4.79 Å². The van der Waals surface area contributed by atoms with Crippen LogP contribution in [0, 0.1) is 0 Å². The Hall–Kier alpha value is -3.81. The molecule has 0 aliphatic heterocycles. The summed E-state index contributed by atoms with van der Waals surface area (Å²) in [7, 11) is 0. The molecule has 2 aromatic heterocycles. The molecule has 0 saturated carbocycles. The highest BCUT2D eigenvalue weighted by atomic mass is 35.5. The van der Waals surface area contributed by atoms with E-state index in [0.717, 1.165) is 10.8 Å². The number of benzene rings is 3. The highest BCUT2D eigenvalue weighted by molar-refractivity contribution is 7.80. The fourth-order valence-electron chi connectivity index (χ4n) is 3.32. The Bertz CT molecular complexity index is 1470. The van der Waals surface area contributed by atoms with Gasteiger partial charge in [-0.1, -0.05) is 41.9 Å². The Morgan fingerprint density at radius 1 is 0.969 bits per heavy atom. The molecule has 0 saturated heterocycles. The lowest BCUT2D eigenvalue weighted by molar-refractivity contribution is 0.0978. The molecule has 156 valence electrons. The Labute approximate surface area is 193 Å². The molecule has 2 N–H and O–H groups in total. The van der Waals surface area contributed by atoms with Crippen LogP contribution in [0.15, 0.2) is 83.4 Å². The lowest BCUT2D eigenvalue weighted by atomic mass is 10.1. The molecule has 32 heavy (non-hydrogen) atoms. The first kappa shape index (κ1) is 20.1. The maximum absolute atomic E-state index is 12.6. The number of anilines is 1. The smallest absolute Gasteiger partial charge is 0.257 e. The van der Waals surface area contributed by atoms with Crippen molar-refractivity contribution in [3.63, 3.8) is 0 Å². The number of nitrogens with one attached hydrogen (secondary N) is 2. The molecule has 0 atom stereocenters. The Morgan fingerprint density at radius 2 is 1.81 bits per heavy atom. The summed E-state index contributed by atoms with van der Waals surface area (Å²) in [6.45, 7) is 0. The SMILES string of the molecule is O=C(NC(=S)Nc1ccc(Cl)c(-c2nc3ncccc3o2)c1)c1ccc2ccccc2c1. The van der Waals surface area contributed by atoms with Gasteiger partial charge in [0.2, 0.25) is 5.89 Å². The van der Waals surface area contributed by atoms with Crippen LogP contribution in [0.1, 0.15) is 10.4 Å². The van der Waals surface area contributed by atoms with Crippen LogP contribution in [0.3, 0.4) is 0 Å². The highest BCUT2D eigenvalue weighted by Crippen LogP contribution is 2.31. The molecule has 0 bridgehead atoms. The van der Waals surface area contributed by atoms with E-state index < -0.39 is 0 Å². The third kappa shape index (κ3) is 4.03. The molecule has 0 radical (unpaired) electrons. The van der Waals surface area contributed by atoms with Gasteiger partial charge in [-0.2, -0.15) is 4.98 Å². The summed E-state index contributed by atoms with van der Waals surface area (Å²) in [4.78, 5) is 21.2. The minimum Gasteiger partial charge on any atom is -0.434 e. The van der Waals surface area contributed by atoms with Crippen molar-refractivity contribution >= 4 is 62.5 Å². The van der Waals surface area contributed by atoms with Gasteiger partial charge < -0.3 is 9.73 Å². The first-order valence-electron chi connectivity index (χ1n) is 9.69. The second-order valence-corrected chi connectivity index (χ2v) is 7.82. The number of aromatic nitrogens is 2. The molecule has 0 aliphatic carbocycles. The van der Waals surface area contributed by atoms with Gasteiger partial charge >= 0.3 is 0 Å². The van der Waals surface area contributed by atoms with Gasteiger partial charge in [0.25, 0.3) is 5.91 Å². The first-order valence-corrected chi connectivity index (χ1v) is 10.5. The number of pyridine rings is 1. The van der Waals surface area contributed by atoms with E-state index in [-0.39, 0.29) is 11.0 Å². The summed E-state index contributed by atoms with van der Waals surface area (Å²) in [5, 5.41) is 8.38. The fraction of sp³-hybridized carbons (Fsp3) is 0. The van der Waals surface area contributed by atoms with Gasteiger partial charge in [-0.05, 0) is 65.5 Å². The van der Waals surface area contributed by atoms with E-state index in [4.69, 9.17) is 28.2 Å². The van der Waals surface area contributed by atoms with E-state index in [1.807, 2.05) is 36.4 Å². The second-order valence-electron chi connectivity index (χ2n) is 7.01. The van der Waals surface area contributed by atoms with Crippen molar-refractivity contribution in [2.45, 2.75) is 0 Å². The highest BCUT2D eigenvalue weighted by Gasteiger charge is 2.14. The maximum Gasteiger partial charge on any atom is 0.257 e. The lowest BCUT2D eigenvalue weighted by Gasteiger charge is -2.11. The summed E-state index contributed by atoms with van der Waals surface area (Å²) >= 11 is 11.7. The summed E-state index contributed by atoms with van der Waals surface area (Å²) in [5.74, 6) is 0.0472. The number of amides is 1. The maximum atomic E-state index is 12.6. The molecule has 0 unspecified atom stereocenters. The molecule has 8 heteroatoms. The van der Waals surface area contributed by atoms with E-state index in [2.05, 4.69) is 20.6 Å². The summed E-state index contributed by atoms with van der Waals surface area (Å²) in [6, 6.07) is 22.1. The quantitative estimate of drug-likeness (QED) is 0.331. The predicted octanol–water partition coefficient (Wildman–Crippen LogP) is 5.82. The molecule has 5 aromatic rings. The van der Waals surface area contributed by atoms with Gasteiger partial charge in [-0.15, -0.1) is 0 Å². The molecular weight excluding hydrogens is 444 g/mol. The standard InChI is InChI=1S/C24H15ClN4O2S/c25-19-10-9-17(13-18(19)23-28-21-20(31-23)6-3-11-26-21)27-24(32)29-22(30)16-8-7-14-4-1-2-5-15(14)12-16/h1-13H,(H2,27,29,30,32). The zero-order valence-electron chi connectivity index (χ0n) is 16.5. The lowest BCUT2D eigenvalue weighted by Crippen LogP contribution is -2.34. The zero-order chi connectivity index (χ0) is 22.1. The van der Waals surface area contributed by atoms with Crippen LogP contribution < -0.4 is 10.6 Å². The number of fused-ring (bicyclic) bond motifs is 2. The van der Waals surface area contributed by atoms with Gasteiger partial charge in [-0.25, -0.2) is 4.98 Å². The van der Waals surface area contributed by atoms with Gasteiger partial charge in [0, 0.05) is 17.4 Å². The fourth-order valence-corrected chi connectivity index (χ4v) is 3.73. The largest absolute Gasteiger partial charge is 0.434 e. The van der Waals surface area contributed by atoms with Crippen molar-refractivity contribution in [1.29, 1.82) is 0 Å². The van der Waals surface area contributed by atoms with Crippen LogP contribution in [-0.4, -0.2) is 21.0 Å². The van der Waals surface area contributed by atoms with Gasteiger partial charge in [0.1, 0.15) is 0 Å². The topological polar surface area (TPSA) is 80.0 Å². The number of halogens is 1. The number of rotatable bonds is 3. The van der Waals surface area contributed by atoms with Crippen molar-refractivity contribution in [2.75, 3.05) is 5.32 Å². The third-order valence-electron chi connectivity index (χ3n) is 4.86. The number of hydrogen-bond acceptors (Lipinski definition) is 5. The molecule has 5 rings (SSSR count). The van der Waals surface area contributed by atoms with Crippen molar-refractivity contribution in [3.8, 4) is 11.5 Å². The van der Waals surface area contributed by atoms with Crippen LogP contribution in [-0.2, 0) is 0 Å². The van der Waals surface area contributed by atoms with E-state index in [1.54, 1.807) is 42.6 Å². The first-order chi connectivity index (χ1) is 15.6. The predicted molar refractivity (Wildman–Crippen MR) is 130 cm³/mol. The van der Waals surface area contributed by atoms with Crippen LogP contribution in [0.2, 0.25) is 5.02 Å². The molecule has 0 fully saturated rings. The van der Waals surface area contributed by atoms with E-state index >= 15 is 0 Å². The van der Waals surface area contributed by atoms with Crippen molar-refractivity contribution in [1.82, 2.24) is 15.3 Å². The zero-order valence-corrected chi connectivity index (χ0v) is 18.1. The van der Waals surface area contributed by atoms with Crippen LogP contribution in [0.4, 0.5) is 5.69 Å². The van der Waals surface area contributed by atoms with Crippen LogP contribution in [0.5, 0.6) is 0 Å². The number of nitrogens with zero attached hydrogens (tertiary/aromatic N) is 2. The Balaban J connectivity index is 1.33. The minimum absolute atomic E-state index is 0.163. The number of thiocarbonyl (C=S) groups is 1. The molecule has 6 nitrogen and oxygen atoms in total. The molecule has 2 heterocycles. The van der Waals surface area contributed by atoms with Crippen molar-refractivity contribution < 1.29 is 9.21 Å². The number of hydrogen-bond donors (Lipinski definition) is 2. The minimum atomic E-state index is -0.299. The molecule has 1 amide bonds. The molecule has 0 aliphatic rings. The molecule has 3 aromatic carbocycles. The van der Waals surface area contributed by atoms with E-state index in [1.165, 1.54) is 0 Å². The Morgan fingerprint density at radius 3 is 2.66 bits per heavy atom. The average Bonchev–Trinajstić information content (AvgIpc) is 3.24. The third-order valence-corrected chi connectivity index (χ3v) is 5.39. The van der Waals surface area contributed by atoms with Gasteiger partial charge in [-0.3, -0.25) is 10.1 Å². The van der Waals surface area contributed by atoms with Gasteiger partial charge in [0.15, 0.2) is 16.3 Å². The number of carbonyl (C=O) groups excluding carboxylic acids is 1. The van der Waals surface area contributed by atoms with E-state index in [0.29, 0.717) is 39.0 Å². The van der Waals surface area contributed by atoms with Crippen LogP contribution in [0.25, 0.3) is 33.5 Å². The van der Waals surface area contributed by atoms with Crippen LogP contribution >= 0.6 is 23.8 Å². The monoisotopic (exact) mass is 458 g/mol. The van der Waals surface area contributed by atoms with Crippen molar-refractivity contribution in [2.24, 2.45) is 0 Å². The normalized spacial score (nSPS) is 10.9. The number of carbonyl (C=O) groups is 1. The summed E-state index contributed by atoms with van der Waals surface area (Å²) in [6.07, 6.45) is 1.64. The summed E-state index contributed by atoms with van der Waals surface area (Å²) in [5.41, 5.74) is 2.79.